The van der Waals surface area contributed by atoms with E-state index in [9.17, 15) is 4.79 Å². The van der Waals surface area contributed by atoms with Crippen LogP contribution in [0.3, 0.4) is 0 Å². The van der Waals surface area contributed by atoms with Crippen molar-refractivity contribution >= 4 is 11.7 Å². The van der Waals surface area contributed by atoms with Gasteiger partial charge >= 0.3 is 5.97 Å². The van der Waals surface area contributed by atoms with Gasteiger partial charge in [-0.25, -0.2) is 4.79 Å². The first-order valence-electron chi connectivity index (χ1n) is 9.48. The number of fused-ring (bicyclic) bond motifs is 3. The Morgan fingerprint density at radius 3 is 2.21 bits per heavy atom. The van der Waals surface area contributed by atoms with Crippen molar-refractivity contribution in [2.24, 2.45) is 5.16 Å². The molecule has 0 aromatic heterocycles. The Kier molecular flexibility index (Phi) is 6.27. The van der Waals surface area contributed by atoms with E-state index in [4.69, 9.17) is 14.3 Å². The van der Waals surface area contributed by atoms with E-state index in [0.29, 0.717) is 18.9 Å². The summed E-state index contributed by atoms with van der Waals surface area (Å²) >= 11 is 0. The summed E-state index contributed by atoms with van der Waals surface area (Å²) in [5.74, 6) is -0.428. The molecule has 0 unspecified atom stereocenters. The first-order chi connectivity index (χ1) is 13.5. The average Bonchev–Trinajstić information content (AvgIpc) is 2.98. The number of oxime groups is 1. The molecule has 2 aromatic carbocycles. The molecule has 0 atom stereocenters. The molecular weight excluding hydrogens is 354 g/mol. The van der Waals surface area contributed by atoms with Crippen molar-refractivity contribution in [2.45, 2.75) is 32.1 Å². The standard InChI is InChI=1S/C23H27NO4/c1-16(24-28-17(2)25)18-9-10-20-19-7-5-6-8-21(19)23(11-13-26-3,12-14-27-4)22(20)15-18/h5-10,15H,11-14H2,1-4H3/b24-16+. The van der Waals surface area contributed by atoms with E-state index in [2.05, 4.69) is 41.6 Å². The predicted octanol–water partition coefficient (Wildman–Crippen LogP) is 4.31. The van der Waals surface area contributed by atoms with Gasteiger partial charge in [0.1, 0.15) is 0 Å². The third kappa shape index (κ3) is 3.73. The summed E-state index contributed by atoms with van der Waals surface area (Å²) < 4.78 is 10.9. The van der Waals surface area contributed by atoms with Gasteiger partial charge in [-0.3, -0.25) is 0 Å². The van der Waals surface area contributed by atoms with E-state index in [-0.39, 0.29) is 5.41 Å². The smallest absolute Gasteiger partial charge is 0.331 e. The molecule has 0 heterocycles. The lowest BCUT2D eigenvalue weighted by molar-refractivity contribution is -0.140. The molecule has 2 aromatic rings. The van der Waals surface area contributed by atoms with Gasteiger partial charge in [0.25, 0.3) is 0 Å². The number of nitrogens with zero attached hydrogens (tertiary/aromatic N) is 1. The van der Waals surface area contributed by atoms with Gasteiger partial charge in [0.15, 0.2) is 0 Å². The van der Waals surface area contributed by atoms with Crippen molar-refractivity contribution in [3.63, 3.8) is 0 Å². The number of ether oxygens (including phenoxy) is 2. The van der Waals surface area contributed by atoms with Gasteiger partial charge in [-0.15, -0.1) is 0 Å². The van der Waals surface area contributed by atoms with Crippen LogP contribution in [0.2, 0.25) is 0 Å². The fourth-order valence-electron chi connectivity index (χ4n) is 4.08. The molecule has 0 fully saturated rings. The van der Waals surface area contributed by atoms with Crippen LogP contribution in [0.4, 0.5) is 0 Å². The van der Waals surface area contributed by atoms with E-state index >= 15 is 0 Å². The summed E-state index contributed by atoms with van der Waals surface area (Å²) in [4.78, 5) is 15.9. The normalized spacial score (nSPS) is 14.5. The van der Waals surface area contributed by atoms with Gasteiger partial charge < -0.3 is 14.3 Å². The minimum atomic E-state index is -0.428. The van der Waals surface area contributed by atoms with Crippen molar-refractivity contribution in [1.29, 1.82) is 0 Å². The maximum atomic E-state index is 11.1. The predicted molar refractivity (Wildman–Crippen MR) is 110 cm³/mol. The lowest BCUT2D eigenvalue weighted by Gasteiger charge is -2.32. The van der Waals surface area contributed by atoms with Crippen molar-refractivity contribution in [1.82, 2.24) is 0 Å². The minimum Gasteiger partial charge on any atom is -0.385 e. The molecule has 3 rings (SSSR count). The summed E-state index contributed by atoms with van der Waals surface area (Å²) in [6.07, 6.45) is 1.72. The molecular formula is C23H27NO4. The second-order valence-corrected chi connectivity index (χ2v) is 7.13. The minimum absolute atomic E-state index is 0.185. The number of methoxy groups -OCH3 is 2. The number of hydrogen-bond donors (Lipinski definition) is 0. The highest BCUT2D eigenvalue weighted by Crippen LogP contribution is 2.52. The highest BCUT2D eigenvalue weighted by atomic mass is 16.7. The Bertz CT molecular complexity index is 880. The molecule has 5 heteroatoms. The molecule has 0 saturated heterocycles. The molecule has 1 aliphatic carbocycles. The average molecular weight is 381 g/mol. The van der Waals surface area contributed by atoms with Crippen LogP contribution in [-0.4, -0.2) is 39.1 Å². The highest BCUT2D eigenvalue weighted by Gasteiger charge is 2.42. The van der Waals surface area contributed by atoms with Crippen molar-refractivity contribution in [3.05, 3.63) is 59.2 Å². The zero-order chi connectivity index (χ0) is 20.1. The number of hydrogen-bond acceptors (Lipinski definition) is 5. The SMILES string of the molecule is COCCC1(CCOC)c2ccccc2-c2ccc(/C(C)=N/OC(C)=O)cc21. The Labute approximate surface area is 166 Å². The second kappa shape index (κ2) is 8.67. The molecule has 0 bridgehead atoms. The maximum absolute atomic E-state index is 11.1. The molecule has 0 amide bonds. The van der Waals surface area contributed by atoms with Crippen LogP contribution in [0.1, 0.15) is 43.4 Å². The Hall–Kier alpha value is -2.50. The van der Waals surface area contributed by atoms with Crippen molar-refractivity contribution in [3.8, 4) is 11.1 Å². The topological polar surface area (TPSA) is 57.1 Å². The number of carbonyl (C=O) groups excluding carboxylic acids is 1. The number of benzene rings is 2. The molecule has 0 aliphatic heterocycles. The van der Waals surface area contributed by atoms with E-state index in [1.54, 1.807) is 14.2 Å². The molecule has 0 spiro atoms. The fraction of sp³-hybridized carbons (Fsp3) is 0.391. The van der Waals surface area contributed by atoms with Gasteiger partial charge in [-0.05, 0) is 53.6 Å². The number of carbonyl (C=O) groups is 1. The first-order valence-corrected chi connectivity index (χ1v) is 9.48. The molecule has 0 radical (unpaired) electrons. The summed E-state index contributed by atoms with van der Waals surface area (Å²) in [5, 5.41) is 3.96. The van der Waals surface area contributed by atoms with E-state index in [0.717, 1.165) is 18.4 Å². The summed E-state index contributed by atoms with van der Waals surface area (Å²) in [6.45, 7) is 4.50. The monoisotopic (exact) mass is 381 g/mol. The van der Waals surface area contributed by atoms with Crippen LogP contribution in [-0.2, 0) is 24.5 Å². The van der Waals surface area contributed by atoms with Crippen molar-refractivity contribution in [2.75, 3.05) is 27.4 Å². The van der Waals surface area contributed by atoms with Crippen LogP contribution in [0.25, 0.3) is 11.1 Å². The van der Waals surface area contributed by atoms with Gasteiger partial charge in [-0.2, -0.15) is 0 Å². The second-order valence-electron chi connectivity index (χ2n) is 7.13. The van der Waals surface area contributed by atoms with Crippen LogP contribution in [0.5, 0.6) is 0 Å². The summed E-state index contributed by atoms with van der Waals surface area (Å²) in [7, 11) is 3.47. The zero-order valence-corrected chi connectivity index (χ0v) is 17.0. The van der Waals surface area contributed by atoms with Crippen LogP contribution in [0.15, 0.2) is 47.6 Å². The summed E-state index contributed by atoms with van der Waals surface area (Å²) in [5.41, 5.74) is 6.46. The third-order valence-electron chi connectivity index (χ3n) is 5.46. The highest BCUT2D eigenvalue weighted by molar-refractivity contribution is 6.00. The maximum Gasteiger partial charge on any atom is 0.331 e. The molecule has 0 saturated carbocycles. The molecule has 1 aliphatic rings. The first kappa shape index (κ1) is 20.2. The van der Waals surface area contributed by atoms with Gasteiger partial charge in [0.2, 0.25) is 0 Å². The quantitative estimate of drug-likeness (QED) is 0.388. The van der Waals surface area contributed by atoms with E-state index < -0.39 is 5.97 Å². The van der Waals surface area contributed by atoms with Crippen LogP contribution < -0.4 is 0 Å². The lowest BCUT2D eigenvalue weighted by atomic mass is 9.73. The van der Waals surface area contributed by atoms with Gasteiger partial charge in [0, 0.05) is 39.8 Å². The molecule has 0 N–H and O–H groups in total. The molecule has 5 nitrogen and oxygen atoms in total. The van der Waals surface area contributed by atoms with Gasteiger partial charge in [-0.1, -0.05) is 41.6 Å². The lowest BCUT2D eigenvalue weighted by Crippen LogP contribution is -2.29. The summed E-state index contributed by atoms with van der Waals surface area (Å²) in [6, 6.07) is 14.9. The number of rotatable bonds is 8. The van der Waals surface area contributed by atoms with Crippen LogP contribution in [0, 0.1) is 0 Å². The zero-order valence-electron chi connectivity index (χ0n) is 17.0. The van der Waals surface area contributed by atoms with E-state index in [1.807, 2.05) is 13.0 Å². The third-order valence-corrected chi connectivity index (χ3v) is 5.46. The van der Waals surface area contributed by atoms with E-state index in [1.165, 1.54) is 29.2 Å². The fourth-order valence-corrected chi connectivity index (χ4v) is 4.08. The Morgan fingerprint density at radius 1 is 0.929 bits per heavy atom. The molecule has 148 valence electrons. The largest absolute Gasteiger partial charge is 0.385 e. The van der Waals surface area contributed by atoms with Gasteiger partial charge in [0.05, 0.1) is 5.71 Å². The van der Waals surface area contributed by atoms with Crippen molar-refractivity contribution < 1.29 is 19.1 Å². The Balaban J connectivity index is 2.14. The molecule has 28 heavy (non-hydrogen) atoms. The van der Waals surface area contributed by atoms with Crippen LogP contribution >= 0.6 is 0 Å². The Morgan fingerprint density at radius 2 is 1.57 bits per heavy atom.